The second kappa shape index (κ2) is 7.46. The van der Waals surface area contributed by atoms with Crippen molar-refractivity contribution in [1.29, 1.82) is 0 Å². The van der Waals surface area contributed by atoms with Crippen LogP contribution < -0.4 is 10.2 Å². The lowest BCUT2D eigenvalue weighted by Gasteiger charge is -2.24. The molecule has 4 nitrogen and oxygen atoms in total. The Kier molecular flexibility index (Phi) is 6.24. The summed E-state index contributed by atoms with van der Waals surface area (Å²) < 4.78 is 0. The van der Waals surface area contributed by atoms with E-state index >= 15 is 0 Å². The summed E-state index contributed by atoms with van der Waals surface area (Å²) in [6.45, 7) is 15.0. The van der Waals surface area contributed by atoms with Crippen LogP contribution in [0.1, 0.15) is 58.3 Å². The molecule has 0 bridgehead atoms. The molecule has 0 amide bonds. The normalized spacial score (nSPS) is 11.2. The molecule has 1 N–H and O–H groups in total. The second-order valence-electron chi connectivity index (χ2n) is 6.23. The number of aromatic nitrogens is 2. The zero-order chi connectivity index (χ0) is 15.3. The van der Waals surface area contributed by atoms with E-state index in [-0.39, 0.29) is 0 Å². The maximum atomic E-state index is 4.77. The van der Waals surface area contributed by atoms with Gasteiger partial charge in [-0.05, 0) is 19.3 Å². The van der Waals surface area contributed by atoms with Crippen LogP contribution in [0.15, 0.2) is 0 Å². The number of rotatable bonds is 7. The highest BCUT2D eigenvalue weighted by atomic mass is 15.2. The smallest absolute Gasteiger partial charge is 0.137 e. The first kappa shape index (κ1) is 16.7. The summed E-state index contributed by atoms with van der Waals surface area (Å²) in [7, 11) is 2.11. The molecule has 0 fully saturated rings. The van der Waals surface area contributed by atoms with Gasteiger partial charge >= 0.3 is 0 Å². The van der Waals surface area contributed by atoms with E-state index in [1.807, 2.05) is 0 Å². The van der Waals surface area contributed by atoms with Crippen LogP contribution in [0, 0.1) is 12.8 Å². The first-order valence-corrected chi connectivity index (χ1v) is 7.70. The summed E-state index contributed by atoms with van der Waals surface area (Å²) in [5, 5.41) is 3.43. The predicted molar refractivity (Wildman–Crippen MR) is 87.7 cm³/mol. The third-order valence-electron chi connectivity index (χ3n) is 3.20. The first-order valence-electron chi connectivity index (χ1n) is 7.70. The molecule has 0 atom stereocenters. The van der Waals surface area contributed by atoms with Gasteiger partial charge in [0.15, 0.2) is 0 Å². The van der Waals surface area contributed by atoms with Gasteiger partial charge in [0.2, 0.25) is 0 Å². The predicted octanol–water partition coefficient (Wildman–Crippen LogP) is 3.82. The highest BCUT2D eigenvalue weighted by Gasteiger charge is 2.16. The topological polar surface area (TPSA) is 41.1 Å². The van der Waals surface area contributed by atoms with Crippen LogP contribution in [0.3, 0.4) is 0 Å². The zero-order valence-electron chi connectivity index (χ0n) is 14.1. The maximum absolute atomic E-state index is 4.77. The zero-order valence-corrected chi connectivity index (χ0v) is 14.1. The molecule has 0 aromatic carbocycles. The van der Waals surface area contributed by atoms with Gasteiger partial charge in [0.25, 0.3) is 0 Å². The molecule has 0 spiro atoms. The first-order chi connectivity index (χ1) is 9.36. The van der Waals surface area contributed by atoms with Crippen LogP contribution in [-0.4, -0.2) is 30.1 Å². The summed E-state index contributed by atoms with van der Waals surface area (Å²) in [6.07, 6.45) is 1.09. The van der Waals surface area contributed by atoms with Gasteiger partial charge in [-0.25, -0.2) is 9.97 Å². The molecular formula is C16H30N4. The van der Waals surface area contributed by atoms with E-state index in [4.69, 9.17) is 4.98 Å². The van der Waals surface area contributed by atoms with E-state index < -0.39 is 0 Å². The molecule has 1 aromatic heterocycles. The van der Waals surface area contributed by atoms with Crippen molar-refractivity contribution in [2.45, 2.75) is 53.9 Å². The fourth-order valence-electron chi connectivity index (χ4n) is 2.20. The van der Waals surface area contributed by atoms with Crippen LogP contribution in [0.4, 0.5) is 11.6 Å². The van der Waals surface area contributed by atoms with E-state index in [0.717, 1.165) is 42.5 Å². The van der Waals surface area contributed by atoms with Crippen molar-refractivity contribution in [3.05, 3.63) is 11.4 Å². The molecule has 0 aliphatic carbocycles. The van der Waals surface area contributed by atoms with Gasteiger partial charge in [0.1, 0.15) is 17.5 Å². The van der Waals surface area contributed by atoms with Crippen molar-refractivity contribution in [3.63, 3.8) is 0 Å². The third-order valence-corrected chi connectivity index (χ3v) is 3.20. The molecule has 0 radical (unpaired) electrons. The van der Waals surface area contributed by atoms with E-state index in [1.54, 1.807) is 0 Å². The minimum Gasteiger partial charge on any atom is -0.370 e. The van der Waals surface area contributed by atoms with Gasteiger partial charge in [-0.15, -0.1) is 0 Å². The van der Waals surface area contributed by atoms with Crippen LogP contribution in [0.5, 0.6) is 0 Å². The quantitative estimate of drug-likeness (QED) is 0.823. The number of hydrogen-bond donors (Lipinski definition) is 1. The molecule has 0 aliphatic rings. The minimum atomic E-state index is 0.337. The van der Waals surface area contributed by atoms with Crippen LogP contribution in [-0.2, 0) is 0 Å². The average Bonchev–Trinajstić information content (AvgIpc) is 2.36. The Labute approximate surface area is 124 Å². The molecule has 1 aromatic rings. The van der Waals surface area contributed by atoms with Crippen molar-refractivity contribution >= 4 is 11.6 Å². The highest BCUT2D eigenvalue weighted by molar-refractivity contribution is 5.58. The molecule has 0 saturated heterocycles. The molecule has 20 heavy (non-hydrogen) atoms. The summed E-state index contributed by atoms with van der Waals surface area (Å²) in [6, 6.07) is 0. The summed E-state index contributed by atoms with van der Waals surface area (Å²) >= 11 is 0. The Morgan fingerprint density at radius 1 is 1.15 bits per heavy atom. The number of hydrogen-bond acceptors (Lipinski definition) is 4. The van der Waals surface area contributed by atoms with E-state index in [1.165, 1.54) is 0 Å². The Morgan fingerprint density at radius 2 is 1.80 bits per heavy atom. The lowest BCUT2D eigenvalue weighted by molar-refractivity contribution is 0.630. The fraction of sp³-hybridized carbons (Fsp3) is 0.750. The lowest BCUT2D eigenvalue weighted by atomic mass is 10.1. The van der Waals surface area contributed by atoms with Crippen molar-refractivity contribution in [2.75, 3.05) is 30.4 Å². The molecule has 1 rings (SSSR count). The number of nitrogens with zero attached hydrogens (tertiary/aromatic N) is 3. The van der Waals surface area contributed by atoms with Crippen molar-refractivity contribution < 1.29 is 0 Å². The Hall–Kier alpha value is -1.32. The summed E-state index contributed by atoms with van der Waals surface area (Å²) in [5.74, 6) is 3.90. The monoisotopic (exact) mass is 278 g/mol. The number of nitrogens with one attached hydrogen (secondary N) is 1. The molecular weight excluding hydrogens is 248 g/mol. The van der Waals surface area contributed by atoms with E-state index in [0.29, 0.717) is 11.8 Å². The average molecular weight is 278 g/mol. The molecule has 0 unspecified atom stereocenters. The standard InChI is InChI=1S/C16H30N4/c1-8-9-17-15-13(6)16(20(7)10-11(2)3)19-14(18-15)12(4)5/h11-12H,8-10H2,1-7H3,(H,17,18,19). The largest absolute Gasteiger partial charge is 0.370 e. The van der Waals surface area contributed by atoms with Crippen molar-refractivity contribution in [2.24, 2.45) is 5.92 Å². The minimum absolute atomic E-state index is 0.337. The van der Waals surface area contributed by atoms with Crippen molar-refractivity contribution in [3.8, 4) is 0 Å². The summed E-state index contributed by atoms with van der Waals surface area (Å²) in [4.78, 5) is 11.7. The molecule has 1 heterocycles. The molecule has 0 aliphatic heterocycles. The van der Waals surface area contributed by atoms with Gasteiger partial charge in [-0.2, -0.15) is 0 Å². The van der Waals surface area contributed by atoms with Gasteiger partial charge in [0, 0.05) is 31.6 Å². The van der Waals surface area contributed by atoms with Gasteiger partial charge in [-0.3, -0.25) is 0 Å². The Morgan fingerprint density at radius 3 is 2.30 bits per heavy atom. The maximum Gasteiger partial charge on any atom is 0.137 e. The Balaban J connectivity index is 3.16. The van der Waals surface area contributed by atoms with Gasteiger partial charge in [0.05, 0.1) is 0 Å². The number of anilines is 2. The van der Waals surface area contributed by atoms with Crippen LogP contribution in [0.2, 0.25) is 0 Å². The van der Waals surface area contributed by atoms with E-state index in [9.17, 15) is 0 Å². The van der Waals surface area contributed by atoms with E-state index in [2.05, 4.69) is 63.8 Å². The second-order valence-corrected chi connectivity index (χ2v) is 6.23. The molecule has 0 saturated carbocycles. The van der Waals surface area contributed by atoms with Gasteiger partial charge < -0.3 is 10.2 Å². The fourth-order valence-corrected chi connectivity index (χ4v) is 2.20. The highest BCUT2D eigenvalue weighted by Crippen LogP contribution is 2.25. The lowest BCUT2D eigenvalue weighted by Crippen LogP contribution is -2.25. The molecule has 4 heteroatoms. The van der Waals surface area contributed by atoms with Gasteiger partial charge in [-0.1, -0.05) is 34.6 Å². The summed E-state index contributed by atoms with van der Waals surface area (Å²) in [5.41, 5.74) is 1.14. The van der Waals surface area contributed by atoms with Crippen LogP contribution >= 0.6 is 0 Å². The Bertz CT molecular complexity index is 427. The van der Waals surface area contributed by atoms with Crippen LogP contribution in [0.25, 0.3) is 0 Å². The van der Waals surface area contributed by atoms with Crippen molar-refractivity contribution in [1.82, 2.24) is 9.97 Å². The molecule has 114 valence electrons. The third kappa shape index (κ3) is 4.36. The SMILES string of the molecule is CCCNc1nc(C(C)C)nc(N(C)CC(C)C)c1C.